The molecule has 0 spiro atoms. The van der Waals surface area contributed by atoms with Crippen molar-refractivity contribution in [3.05, 3.63) is 47.0 Å². The Hall–Kier alpha value is -1.56. The van der Waals surface area contributed by atoms with E-state index in [1.165, 1.54) is 0 Å². The summed E-state index contributed by atoms with van der Waals surface area (Å²) < 4.78 is 5.18. The SMILES string of the molecule is CCCCc1cc2c3c(cccc3c1)C(=O)N(OSCCl)C2=O. The molecule has 0 saturated carbocycles. The van der Waals surface area contributed by atoms with Crippen LogP contribution >= 0.6 is 23.6 Å². The minimum Gasteiger partial charge on any atom is -0.266 e. The summed E-state index contributed by atoms with van der Waals surface area (Å²) in [5, 5.41) is 2.55. The van der Waals surface area contributed by atoms with Crippen molar-refractivity contribution in [2.45, 2.75) is 26.2 Å². The fourth-order valence-corrected chi connectivity index (χ4v) is 3.21. The second-order valence-electron chi connectivity index (χ2n) is 5.36. The number of benzene rings is 2. The van der Waals surface area contributed by atoms with Crippen LogP contribution in [-0.4, -0.2) is 22.1 Å². The zero-order valence-electron chi connectivity index (χ0n) is 12.7. The molecule has 0 fully saturated rings. The van der Waals surface area contributed by atoms with E-state index in [0.717, 1.165) is 47.3 Å². The van der Waals surface area contributed by atoms with E-state index < -0.39 is 11.8 Å². The number of amides is 2. The minimum atomic E-state index is -0.452. The van der Waals surface area contributed by atoms with E-state index in [1.54, 1.807) is 6.07 Å². The maximum Gasteiger partial charge on any atom is 0.286 e. The lowest BCUT2D eigenvalue weighted by Gasteiger charge is -2.25. The van der Waals surface area contributed by atoms with E-state index in [4.69, 9.17) is 15.9 Å². The summed E-state index contributed by atoms with van der Waals surface area (Å²) in [6.07, 6.45) is 3.05. The number of unbranched alkanes of at least 4 members (excludes halogenated alkanes) is 1. The number of alkyl halides is 1. The smallest absolute Gasteiger partial charge is 0.266 e. The van der Waals surface area contributed by atoms with Gasteiger partial charge >= 0.3 is 0 Å². The quantitative estimate of drug-likeness (QED) is 0.436. The van der Waals surface area contributed by atoms with Crippen molar-refractivity contribution < 1.29 is 13.9 Å². The van der Waals surface area contributed by atoms with Crippen LogP contribution < -0.4 is 0 Å². The highest BCUT2D eigenvalue weighted by Crippen LogP contribution is 2.32. The van der Waals surface area contributed by atoms with Crippen LogP contribution in [0.4, 0.5) is 0 Å². The number of nitrogens with zero attached hydrogens (tertiary/aromatic N) is 1. The van der Waals surface area contributed by atoms with Crippen molar-refractivity contribution in [3.63, 3.8) is 0 Å². The summed E-state index contributed by atoms with van der Waals surface area (Å²) in [5.74, 6) is -0.887. The highest BCUT2D eigenvalue weighted by atomic mass is 35.5. The molecule has 2 aromatic carbocycles. The average Bonchev–Trinajstić information content (AvgIpc) is 2.57. The summed E-state index contributed by atoms with van der Waals surface area (Å²) >= 11 is 6.42. The Morgan fingerprint density at radius 2 is 1.96 bits per heavy atom. The van der Waals surface area contributed by atoms with Gasteiger partial charge in [-0.25, -0.2) is 0 Å². The monoisotopic (exact) mass is 349 g/mol. The maximum absolute atomic E-state index is 12.7. The molecule has 3 rings (SSSR count). The Bertz CT molecular complexity index is 778. The standard InChI is InChI=1S/C17H16ClNO3S/c1-2-3-5-11-8-12-6-4-7-13-15(12)14(9-11)17(21)19(16(13)20)22-23-10-18/h4,6-9H,2-3,5,10H2,1H3. The second-order valence-corrected chi connectivity index (χ2v) is 6.61. The van der Waals surface area contributed by atoms with Gasteiger partial charge in [0.05, 0.1) is 16.3 Å². The lowest BCUT2D eigenvalue weighted by molar-refractivity contribution is -0.00731. The molecule has 1 aliphatic rings. The molecule has 0 aromatic heterocycles. The van der Waals surface area contributed by atoms with Crippen LogP contribution in [0.2, 0.25) is 0 Å². The number of halogens is 1. The van der Waals surface area contributed by atoms with Gasteiger partial charge in [0.1, 0.15) is 0 Å². The minimum absolute atomic E-state index is 0.130. The number of carbonyl (C=O) groups is 2. The third-order valence-corrected chi connectivity index (χ3v) is 4.47. The molecule has 1 aliphatic heterocycles. The maximum atomic E-state index is 12.7. The van der Waals surface area contributed by atoms with Crippen molar-refractivity contribution >= 4 is 46.2 Å². The Labute approximate surface area is 143 Å². The van der Waals surface area contributed by atoms with Gasteiger partial charge in [0.15, 0.2) is 0 Å². The molecule has 23 heavy (non-hydrogen) atoms. The molecule has 0 saturated heterocycles. The predicted octanol–water partition coefficient (Wildman–Crippen LogP) is 4.55. The number of hydrogen-bond donors (Lipinski definition) is 0. The fraction of sp³-hybridized carbons (Fsp3) is 0.294. The lowest BCUT2D eigenvalue weighted by Crippen LogP contribution is -2.38. The van der Waals surface area contributed by atoms with E-state index in [0.29, 0.717) is 16.5 Å². The number of hydrogen-bond acceptors (Lipinski definition) is 4. The highest BCUT2D eigenvalue weighted by molar-refractivity contribution is 7.95. The summed E-state index contributed by atoms with van der Waals surface area (Å²) in [6.45, 7) is 2.13. The van der Waals surface area contributed by atoms with Crippen molar-refractivity contribution in [1.82, 2.24) is 5.06 Å². The van der Waals surface area contributed by atoms with Crippen molar-refractivity contribution in [3.8, 4) is 0 Å². The molecule has 0 unspecified atom stereocenters. The van der Waals surface area contributed by atoms with E-state index >= 15 is 0 Å². The van der Waals surface area contributed by atoms with Crippen molar-refractivity contribution in [2.75, 3.05) is 5.21 Å². The molecule has 120 valence electrons. The first-order chi connectivity index (χ1) is 11.2. The topological polar surface area (TPSA) is 46.6 Å². The summed E-state index contributed by atoms with van der Waals surface area (Å²) in [5.41, 5.74) is 2.09. The fourth-order valence-electron chi connectivity index (χ4n) is 2.81. The number of hydroxylamine groups is 2. The molecule has 1 heterocycles. The molecular weight excluding hydrogens is 334 g/mol. The number of aryl methyl sites for hydroxylation is 1. The largest absolute Gasteiger partial charge is 0.286 e. The summed E-state index contributed by atoms with van der Waals surface area (Å²) in [4.78, 5) is 25.2. The molecule has 0 bridgehead atoms. The molecule has 2 amide bonds. The molecule has 0 N–H and O–H groups in total. The Kier molecular flexibility index (Phi) is 4.90. The predicted molar refractivity (Wildman–Crippen MR) is 92.5 cm³/mol. The average molecular weight is 350 g/mol. The van der Waals surface area contributed by atoms with Gasteiger partial charge in [-0.1, -0.05) is 31.5 Å². The number of carbonyl (C=O) groups excluding carboxylic acids is 2. The van der Waals surface area contributed by atoms with Gasteiger partial charge in [-0.3, -0.25) is 9.59 Å². The van der Waals surface area contributed by atoms with Crippen molar-refractivity contribution in [2.24, 2.45) is 0 Å². The first-order valence-corrected chi connectivity index (χ1v) is 8.92. The van der Waals surface area contributed by atoms with Crippen LogP contribution in [0.3, 0.4) is 0 Å². The second kappa shape index (κ2) is 6.91. The van der Waals surface area contributed by atoms with Crippen LogP contribution in [0.15, 0.2) is 30.3 Å². The van der Waals surface area contributed by atoms with E-state index in [2.05, 4.69) is 13.0 Å². The normalized spacial score (nSPS) is 13.9. The Balaban J connectivity index is 2.12. The molecule has 0 aliphatic carbocycles. The Morgan fingerprint density at radius 3 is 2.70 bits per heavy atom. The van der Waals surface area contributed by atoms with Gasteiger partial charge in [0.2, 0.25) is 0 Å². The van der Waals surface area contributed by atoms with Gasteiger partial charge < -0.3 is 0 Å². The van der Waals surface area contributed by atoms with Crippen LogP contribution in [0.1, 0.15) is 46.0 Å². The van der Waals surface area contributed by atoms with Gasteiger partial charge in [-0.15, -0.1) is 16.7 Å². The number of rotatable bonds is 6. The molecule has 0 radical (unpaired) electrons. The van der Waals surface area contributed by atoms with Crippen LogP contribution in [0, 0.1) is 0 Å². The third-order valence-electron chi connectivity index (χ3n) is 3.86. The van der Waals surface area contributed by atoms with Crippen molar-refractivity contribution in [1.29, 1.82) is 0 Å². The van der Waals surface area contributed by atoms with E-state index in [1.807, 2.05) is 18.2 Å². The van der Waals surface area contributed by atoms with Gasteiger partial charge in [-0.05, 0) is 35.9 Å². The Morgan fingerprint density at radius 1 is 1.17 bits per heavy atom. The van der Waals surface area contributed by atoms with E-state index in [-0.39, 0.29) is 5.21 Å². The van der Waals surface area contributed by atoms with Gasteiger partial charge in [0, 0.05) is 17.4 Å². The number of imide groups is 1. The zero-order chi connectivity index (χ0) is 16.4. The summed E-state index contributed by atoms with van der Waals surface area (Å²) in [6, 6.07) is 9.41. The molecule has 6 heteroatoms. The molecule has 0 atom stereocenters. The first-order valence-electron chi connectivity index (χ1n) is 7.47. The van der Waals surface area contributed by atoms with Gasteiger partial charge in [-0.2, -0.15) is 4.28 Å². The summed E-state index contributed by atoms with van der Waals surface area (Å²) in [7, 11) is 0. The first kappa shape index (κ1) is 16.3. The van der Waals surface area contributed by atoms with Crippen LogP contribution in [0.5, 0.6) is 0 Å². The van der Waals surface area contributed by atoms with Crippen LogP contribution in [-0.2, 0) is 10.7 Å². The highest BCUT2D eigenvalue weighted by Gasteiger charge is 2.34. The van der Waals surface area contributed by atoms with Gasteiger partial charge in [0.25, 0.3) is 11.8 Å². The van der Waals surface area contributed by atoms with Crippen LogP contribution in [0.25, 0.3) is 10.8 Å². The third kappa shape index (κ3) is 2.96. The van der Waals surface area contributed by atoms with E-state index in [9.17, 15) is 9.59 Å². The lowest BCUT2D eigenvalue weighted by atomic mass is 9.92. The molecule has 2 aromatic rings. The molecule has 4 nitrogen and oxygen atoms in total. The molecular formula is C17H16ClNO3S. The zero-order valence-corrected chi connectivity index (χ0v) is 14.2.